The van der Waals surface area contributed by atoms with E-state index in [1.54, 1.807) is 24.3 Å². The highest BCUT2D eigenvalue weighted by molar-refractivity contribution is 6.27. The second kappa shape index (κ2) is 31.7. The Kier molecular flexibility index (Phi) is 19.6. The summed E-state index contributed by atoms with van der Waals surface area (Å²) < 4.78 is 25.3. The number of para-hydroxylation sites is 6. The number of methoxy groups -OCH3 is 4. The van der Waals surface area contributed by atoms with Crippen LogP contribution in [0.1, 0.15) is 41.4 Å². The van der Waals surface area contributed by atoms with Crippen LogP contribution in [0.15, 0.2) is 388 Å². The third kappa shape index (κ3) is 13.2. The van der Waals surface area contributed by atoms with Gasteiger partial charge in [0.25, 0.3) is 0 Å². The number of ether oxygens (including phenoxy) is 4. The van der Waals surface area contributed by atoms with Gasteiger partial charge in [-0.3, -0.25) is 0 Å². The zero-order valence-corrected chi connectivity index (χ0v) is 66.0. The van der Waals surface area contributed by atoms with E-state index in [-0.39, 0.29) is 0 Å². The van der Waals surface area contributed by atoms with Crippen LogP contribution < -0.4 is 9.80 Å². The van der Waals surface area contributed by atoms with E-state index in [4.69, 9.17) is 18.9 Å². The van der Waals surface area contributed by atoms with Gasteiger partial charge in [-0.2, -0.15) is 0 Å². The summed E-state index contributed by atoms with van der Waals surface area (Å²) in [5.41, 5.74) is 21.9. The first-order chi connectivity index (χ1) is 59.1. The quantitative estimate of drug-likeness (QED) is 0.0525. The molecule has 120 heavy (non-hydrogen) atoms. The molecule has 12 heteroatoms. The summed E-state index contributed by atoms with van der Waals surface area (Å²) in [4.78, 5) is 56.3. The zero-order chi connectivity index (χ0) is 81.5. The van der Waals surface area contributed by atoms with E-state index >= 15 is 0 Å². The van der Waals surface area contributed by atoms with Crippen molar-refractivity contribution in [2.45, 2.75) is 0 Å². The van der Waals surface area contributed by atoms with E-state index in [9.17, 15) is 19.2 Å². The Labute approximate surface area is 692 Å². The number of nitrogens with zero attached hydrogens (tertiary/aromatic N) is 4. The number of carbonyl (C=O) groups is 4. The van der Waals surface area contributed by atoms with Crippen molar-refractivity contribution in [2.75, 3.05) is 38.2 Å². The highest BCUT2D eigenvalue weighted by Gasteiger charge is 2.28. The molecule has 0 fully saturated rings. The number of benzene rings is 18. The molecule has 20 rings (SSSR count). The molecule has 0 radical (unpaired) electrons. The largest absolute Gasteiger partial charge is 0.465 e. The third-order valence-corrected chi connectivity index (χ3v) is 22.7. The fourth-order valence-electron chi connectivity index (χ4n) is 17.6. The summed E-state index contributed by atoms with van der Waals surface area (Å²) in [6, 6.07) is 133. The van der Waals surface area contributed by atoms with Crippen molar-refractivity contribution in [2.24, 2.45) is 0 Å². The average molecular weight is 1560 g/mol. The molecule has 0 amide bonds. The van der Waals surface area contributed by atoms with Crippen LogP contribution in [0.3, 0.4) is 0 Å². The number of aromatic nitrogens is 2. The summed E-state index contributed by atoms with van der Waals surface area (Å²) >= 11 is 0. The van der Waals surface area contributed by atoms with Gasteiger partial charge in [-0.15, -0.1) is 0 Å². The normalized spacial score (nSPS) is 11.3. The number of fused-ring (bicyclic) bond motifs is 10. The minimum Gasteiger partial charge on any atom is -0.465 e. The van der Waals surface area contributed by atoms with Crippen molar-refractivity contribution in [3.05, 3.63) is 411 Å². The van der Waals surface area contributed by atoms with Gasteiger partial charge in [-0.1, -0.05) is 224 Å². The van der Waals surface area contributed by atoms with E-state index in [2.05, 4.69) is 268 Å². The second-order valence-corrected chi connectivity index (χ2v) is 29.4. The molecule has 0 spiro atoms. The van der Waals surface area contributed by atoms with Crippen LogP contribution in [-0.2, 0) is 18.9 Å². The van der Waals surface area contributed by atoms with Crippen LogP contribution in [0.5, 0.6) is 0 Å². The zero-order valence-electron chi connectivity index (χ0n) is 66.0. The molecule has 12 nitrogen and oxygen atoms in total. The summed E-state index contributed by atoms with van der Waals surface area (Å²) in [5.74, 6) is -1.61. The van der Waals surface area contributed by atoms with Crippen LogP contribution in [0.4, 0.5) is 34.1 Å². The number of rotatable bonds is 16. The molecule has 2 heterocycles. The van der Waals surface area contributed by atoms with E-state index in [1.165, 1.54) is 33.8 Å². The maximum absolute atomic E-state index is 13.0. The Bertz CT molecular complexity index is 7370. The number of carbonyl (C=O) groups excluding carboxylic acids is 4. The lowest BCUT2D eigenvalue weighted by Crippen LogP contribution is -2.11. The number of esters is 4. The minimum absolute atomic E-state index is 0.397. The number of anilines is 6. The first-order valence-corrected chi connectivity index (χ1v) is 39.6. The third-order valence-electron chi connectivity index (χ3n) is 22.7. The molecule has 0 N–H and O–H groups in total. The average Bonchev–Trinajstić information content (AvgIpc) is 1.08. The molecular weight excluding hydrogens is 1480 g/mol. The Hall–Kier alpha value is -15.9. The molecule has 0 saturated heterocycles. The van der Waals surface area contributed by atoms with Gasteiger partial charge in [-0.25, -0.2) is 19.2 Å². The highest BCUT2D eigenvalue weighted by Crippen LogP contribution is 2.52. The van der Waals surface area contributed by atoms with Crippen LogP contribution in [0.25, 0.3) is 143 Å². The standard InChI is InChI=1S/2C54H38N2O4/c1-59-53(57)37-18-13-16-35(32-37)50-43-25-9-10-26-44(43)51(36-17-14-19-38(33-36)54(58)60-2)52-45(50)27-15-29-49(52)55(39-20-5-3-6-21-39)41-30-31-48-46(34-41)42-24-11-12-28-47(42)56(48)40-22-7-4-8-23-40;1-59-53(57)37-17-13-15-35(31-37)51-44-24-9-10-25-45(44)52(36-16-14-18-38(32-36)54(58)60-2)48-34-41(27-29-46(48)51)55(39-19-5-3-6-20-39)42-28-30-50-47(33-42)43-23-11-12-26-49(43)56(50)40-21-7-4-8-22-40/h2*3-34H,1-2H3. The molecule has 18 aromatic carbocycles. The Morgan fingerprint density at radius 1 is 0.217 bits per heavy atom. The lowest BCUT2D eigenvalue weighted by molar-refractivity contribution is 0.0592. The van der Waals surface area contributed by atoms with Gasteiger partial charge in [0.2, 0.25) is 0 Å². The lowest BCUT2D eigenvalue weighted by atomic mass is 9.84. The van der Waals surface area contributed by atoms with E-state index in [0.717, 1.165) is 171 Å². The Morgan fingerprint density at radius 3 is 0.925 bits per heavy atom. The molecule has 0 aliphatic heterocycles. The first-order valence-electron chi connectivity index (χ1n) is 39.6. The van der Waals surface area contributed by atoms with Crippen LogP contribution in [0.2, 0.25) is 0 Å². The molecule has 2 aromatic heterocycles. The predicted octanol–water partition coefficient (Wildman–Crippen LogP) is 26.9. The SMILES string of the molecule is COC(=O)c1cccc(-c2c3ccccc3c(-c3cccc(C(=O)OC)c3)c3c(N(c4ccccc4)c4ccc5c(c4)c4ccccc4n5-c4ccccc4)cccc23)c1.COC(=O)c1cccc(-c2c3ccccc3c(-c3cccc(C(=O)OC)c3)c3cc(N(c4ccccc4)c4ccc5c(c4)c4ccccc4n5-c4ccccc4)ccc23)c1. The monoisotopic (exact) mass is 1560 g/mol. The van der Waals surface area contributed by atoms with Crippen molar-refractivity contribution < 1.29 is 38.1 Å². The lowest BCUT2D eigenvalue weighted by Gasteiger charge is -2.29. The fourth-order valence-corrected chi connectivity index (χ4v) is 17.6. The minimum atomic E-state index is -0.407. The Balaban J connectivity index is 0.000000159. The van der Waals surface area contributed by atoms with Gasteiger partial charge in [0.1, 0.15) is 0 Å². The van der Waals surface area contributed by atoms with Gasteiger partial charge < -0.3 is 37.9 Å². The molecule has 0 atom stereocenters. The maximum atomic E-state index is 13.0. The van der Waals surface area contributed by atoms with Gasteiger partial charge in [0.05, 0.1) is 78.4 Å². The summed E-state index contributed by atoms with van der Waals surface area (Å²) in [5, 5.41) is 12.5. The van der Waals surface area contributed by atoms with Gasteiger partial charge in [0, 0.05) is 66.7 Å². The van der Waals surface area contributed by atoms with Gasteiger partial charge in [0.15, 0.2) is 0 Å². The predicted molar refractivity (Wildman–Crippen MR) is 488 cm³/mol. The number of hydrogen-bond acceptors (Lipinski definition) is 10. The molecule has 0 unspecified atom stereocenters. The summed E-state index contributed by atoms with van der Waals surface area (Å²) in [7, 11) is 5.60. The summed E-state index contributed by atoms with van der Waals surface area (Å²) in [6.45, 7) is 0. The van der Waals surface area contributed by atoms with Crippen molar-refractivity contribution in [3.8, 4) is 55.9 Å². The Morgan fingerprint density at radius 2 is 0.508 bits per heavy atom. The highest BCUT2D eigenvalue weighted by atomic mass is 16.5. The molecule has 0 saturated carbocycles. The van der Waals surface area contributed by atoms with E-state index < -0.39 is 23.9 Å². The van der Waals surface area contributed by atoms with Crippen LogP contribution in [-0.4, -0.2) is 61.5 Å². The van der Waals surface area contributed by atoms with E-state index in [1.807, 2.05) is 115 Å². The second-order valence-electron chi connectivity index (χ2n) is 29.4. The van der Waals surface area contributed by atoms with Crippen molar-refractivity contribution in [1.29, 1.82) is 0 Å². The fraction of sp³-hybridized carbons (Fsp3) is 0.0370. The molecule has 0 bridgehead atoms. The molecule has 576 valence electrons. The summed E-state index contributed by atoms with van der Waals surface area (Å²) in [6.07, 6.45) is 0. The molecule has 0 aliphatic carbocycles. The number of hydrogen-bond donors (Lipinski definition) is 0. The molecule has 0 aliphatic rings. The first kappa shape index (κ1) is 74.2. The van der Waals surface area contributed by atoms with Crippen molar-refractivity contribution >= 4 is 145 Å². The van der Waals surface area contributed by atoms with Gasteiger partial charge >= 0.3 is 23.9 Å². The van der Waals surface area contributed by atoms with Crippen molar-refractivity contribution in [3.63, 3.8) is 0 Å². The van der Waals surface area contributed by atoms with Crippen LogP contribution in [0, 0.1) is 0 Å². The van der Waals surface area contributed by atoms with E-state index in [0.29, 0.717) is 22.3 Å². The van der Waals surface area contributed by atoms with Crippen LogP contribution >= 0.6 is 0 Å². The molecule has 20 aromatic rings. The van der Waals surface area contributed by atoms with Gasteiger partial charge in [-0.05, 0) is 246 Å². The molecular formula is C108H76N4O8. The maximum Gasteiger partial charge on any atom is 0.337 e. The smallest absolute Gasteiger partial charge is 0.337 e. The van der Waals surface area contributed by atoms with Crippen molar-refractivity contribution in [1.82, 2.24) is 9.13 Å². The topological polar surface area (TPSA) is 122 Å².